The Balaban J connectivity index is 1.76. The summed E-state index contributed by atoms with van der Waals surface area (Å²) in [5.74, 6) is 1.14. The molecule has 3 aromatic carbocycles. The summed E-state index contributed by atoms with van der Waals surface area (Å²) in [6, 6.07) is 18.0. The van der Waals surface area contributed by atoms with Gasteiger partial charge in [0.05, 0.1) is 12.1 Å². The van der Waals surface area contributed by atoms with Crippen molar-refractivity contribution >= 4 is 51.0 Å². The fourth-order valence-corrected chi connectivity index (χ4v) is 3.53. The third-order valence-corrected chi connectivity index (χ3v) is 5.14. The lowest BCUT2D eigenvalue weighted by atomic mass is 10.1. The molecular formula is C23H17BrCl2O3. The molecule has 0 aliphatic rings. The van der Waals surface area contributed by atoms with E-state index >= 15 is 0 Å². The van der Waals surface area contributed by atoms with Gasteiger partial charge in [0, 0.05) is 20.6 Å². The van der Waals surface area contributed by atoms with Crippen molar-refractivity contribution < 1.29 is 14.3 Å². The van der Waals surface area contributed by atoms with E-state index in [1.807, 2.05) is 30.3 Å². The number of hydrogen-bond donors (Lipinski definition) is 0. The second-order valence-corrected chi connectivity index (χ2v) is 7.90. The summed E-state index contributed by atoms with van der Waals surface area (Å²) in [7, 11) is 1.60. The van der Waals surface area contributed by atoms with Gasteiger partial charge in [-0.15, -0.1) is 0 Å². The summed E-state index contributed by atoms with van der Waals surface area (Å²) in [6.45, 7) is 0.256. The minimum Gasteiger partial charge on any atom is -0.496 e. The number of benzene rings is 3. The van der Waals surface area contributed by atoms with E-state index in [1.165, 1.54) is 0 Å². The third-order valence-electron chi connectivity index (χ3n) is 4.12. The molecule has 0 aliphatic heterocycles. The zero-order valence-electron chi connectivity index (χ0n) is 15.5. The van der Waals surface area contributed by atoms with Crippen molar-refractivity contribution in [2.45, 2.75) is 6.61 Å². The number of hydrogen-bond acceptors (Lipinski definition) is 3. The van der Waals surface area contributed by atoms with Crippen LogP contribution >= 0.6 is 39.1 Å². The fraction of sp³-hybridized carbons (Fsp3) is 0.0870. The number of carbonyl (C=O) groups excluding carboxylic acids is 1. The van der Waals surface area contributed by atoms with Crippen LogP contribution in [0.2, 0.25) is 10.0 Å². The Morgan fingerprint density at radius 1 is 1.03 bits per heavy atom. The van der Waals surface area contributed by atoms with Gasteiger partial charge in [-0.1, -0.05) is 63.4 Å². The van der Waals surface area contributed by atoms with E-state index in [0.29, 0.717) is 27.1 Å². The van der Waals surface area contributed by atoms with Gasteiger partial charge in [0.1, 0.15) is 18.1 Å². The zero-order valence-corrected chi connectivity index (χ0v) is 18.6. The Hall–Kier alpha value is -2.27. The lowest BCUT2D eigenvalue weighted by molar-refractivity contribution is 0.104. The molecule has 0 aliphatic carbocycles. The molecule has 0 heterocycles. The van der Waals surface area contributed by atoms with E-state index in [-0.39, 0.29) is 12.4 Å². The van der Waals surface area contributed by atoms with Crippen LogP contribution in [0.15, 0.2) is 71.2 Å². The first-order valence-corrected chi connectivity index (χ1v) is 10.2. The van der Waals surface area contributed by atoms with E-state index in [2.05, 4.69) is 15.9 Å². The topological polar surface area (TPSA) is 35.5 Å². The number of ketones is 1. The predicted molar refractivity (Wildman–Crippen MR) is 121 cm³/mol. The molecule has 0 spiro atoms. The first-order chi connectivity index (χ1) is 14.0. The average Bonchev–Trinajstić information content (AvgIpc) is 2.71. The number of allylic oxidation sites excluding steroid dienone is 1. The molecule has 3 aromatic rings. The standard InChI is InChI=1S/C23H17BrCl2O3/c1-28-22-9-6-15(5-8-21(27)16-3-2-4-18(24)12-16)11-17(22)14-29-23-10-7-19(25)13-20(23)26/h2-13H,14H2,1H3/b8-5+. The summed E-state index contributed by atoms with van der Waals surface area (Å²) >= 11 is 15.5. The minimum absolute atomic E-state index is 0.0761. The van der Waals surface area contributed by atoms with Gasteiger partial charge < -0.3 is 9.47 Å². The Labute approximate surface area is 188 Å². The number of ether oxygens (including phenoxy) is 2. The van der Waals surface area contributed by atoms with E-state index < -0.39 is 0 Å². The van der Waals surface area contributed by atoms with Gasteiger partial charge in [0.2, 0.25) is 0 Å². The second kappa shape index (κ2) is 9.97. The van der Waals surface area contributed by atoms with Crippen LogP contribution in [0.3, 0.4) is 0 Å². The van der Waals surface area contributed by atoms with Crippen LogP contribution in [-0.4, -0.2) is 12.9 Å². The maximum absolute atomic E-state index is 12.4. The first-order valence-electron chi connectivity index (χ1n) is 8.69. The molecule has 3 rings (SSSR count). The lowest BCUT2D eigenvalue weighted by Gasteiger charge is -2.12. The lowest BCUT2D eigenvalue weighted by Crippen LogP contribution is -2.00. The molecule has 0 radical (unpaired) electrons. The molecule has 3 nitrogen and oxygen atoms in total. The normalized spacial score (nSPS) is 10.9. The van der Waals surface area contributed by atoms with Gasteiger partial charge in [0.15, 0.2) is 5.78 Å². The van der Waals surface area contributed by atoms with Crippen molar-refractivity contribution in [2.24, 2.45) is 0 Å². The van der Waals surface area contributed by atoms with Crippen LogP contribution in [0.25, 0.3) is 6.08 Å². The number of rotatable bonds is 7. The van der Waals surface area contributed by atoms with E-state index in [0.717, 1.165) is 15.6 Å². The van der Waals surface area contributed by atoms with Crippen molar-refractivity contribution in [1.82, 2.24) is 0 Å². The molecule has 148 valence electrons. The van der Waals surface area contributed by atoms with Gasteiger partial charge in [-0.25, -0.2) is 0 Å². The largest absolute Gasteiger partial charge is 0.496 e. The highest BCUT2D eigenvalue weighted by atomic mass is 79.9. The Morgan fingerprint density at radius 2 is 1.83 bits per heavy atom. The summed E-state index contributed by atoms with van der Waals surface area (Å²) in [4.78, 5) is 12.4. The summed E-state index contributed by atoms with van der Waals surface area (Å²) in [5, 5.41) is 0.981. The molecule has 0 saturated heterocycles. The molecular weight excluding hydrogens is 475 g/mol. The van der Waals surface area contributed by atoms with Gasteiger partial charge >= 0.3 is 0 Å². The van der Waals surface area contributed by atoms with Crippen LogP contribution in [0.4, 0.5) is 0 Å². The minimum atomic E-state index is -0.0761. The molecule has 0 aromatic heterocycles. The van der Waals surface area contributed by atoms with Crippen LogP contribution in [0.5, 0.6) is 11.5 Å². The molecule has 0 atom stereocenters. The predicted octanol–water partition coefficient (Wildman–Crippen LogP) is 7.24. The Bertz CT molecular complexity index is 1060. The second-order valence-electron chi connectivity index (χ2n) is 6.14. The molecule has 0 unspecified atom stereocenters. The molecule has 0 fully saturated rings. The highest BCUT2D eigenvalue weighted by molar-refractivity contribution is 9.10. The SMILES string of the molecule is COc1ccc(/C=C/C(=O)c2cccc(Br)c2)cc1COc1ccc(Cl)cc1Cl. The van der Waals surface area contributed by atoms with Crippen LogP contribution in [0, 0.1) is 0 Å². The maximum Gasteiger partial charge on any atom is 0.185 e. The van der Waals surface area contributed by atoms with Crippen LogP contribution in [0.1, 0.15) is 21.5 Å². The number of carbonyl (C=O) groups is 1. The first kappa shape index (κ1) is 21.4. The summed E-state index contributed by atoms with van der Waals surface area (Å²) in [6.07, 6.45) is 3.31. The number of methoxy groups -OCH3 is 1. The Morgan fingerprint density at radius 3 is 2.55 bits per heavy atom. The molecule has 0 saturated carbocycles. The average molecular weight is 492 g/mol. The maximum atomic E-state index is 12.4. The monoisotopic (exact) mass is 490 g/mol. The van der Waals surface area contributed by atoms with Gasteiger partial charge in [-0.3, -0.25) is 4.79 Å². The third kappa shape index (κ3) is 5.86. The van der Waals surface area contributed by atoms with Crippen molar-refractivity contribution in [3.05, 3.63) is 97.9 Å². The van der Waals surface area contributed by atoms with Crippen molar-refractivity contribution in [3.8, 4) is 11.5 Å². The van der Waals surface area contributed by atoms with E-state index in [9.17, 15) is 4.79 Å². The van der Waals surface area contributed by atoms with Gasteiger partial charge in [-0.2, -0.15) is 0 Å². The molecule has 0 amide bonds. The van der Waals surface area contributed by atoms with Crippen molar-refractivity contribution in [1.29, 1.82) is 0 Å². The van der Waals surface area contributed by atoms with E-state index in [4.69, 9.17) is 32.7 Å². The summed E-state index contributed by atoms with van der Waals surface area (Å²) < 4.78 is 12.1. The molecule has 0 N–H and O–H groups in total. The van der Waals surface area contributed by atoms with Crippen molar-refractivity contribution in [3.63, 3.8) is 0 Å². The number of halogens is 3. The molecule has 29 heavy (non-hydrogen) atoms. The highest BCUT2D eigenvalue weighted by Crippen LogP contribution is 2.29. The Kier molecular flexibility index (Phi) is 7.37. The van der Waals surface area contributed by atoms with Crippen molar-refractivity contribution in [2.75, 3.05) is 7.11 Å². The van der Waals surface area contributed by atoms with E-state index in [1.54, 1.807) is 49.6 Å². The summed E-state index contributed by atoms with van der Waals surface area (Å²) in [5.41, 5.74) is 2.30. The fourth-order valence-electron chi connectivity index (χ4n) is 2.67. The zero-order chi connectivity index (χ0) is 20.8. The van der Waals surface area contributed by atoms with Crippen LogP contribution < -0.4 is 9.47 Å². The molecule has 0 bridgehead atoms. The van der Waals surface area contributed by atoms with Gasteiger partial charge in [0.25, 0.3) is 0 Å². The van der Waals surface area contributed by atoms with Crippen LogP contribution in [-0.2, 0) is 6.61 Å². The molecule has 6 heteroatoms. The van der Waals surface area contributed by atoms with Gasteiger partial charge in [-0.05, 0) is 54.1 Å². The smallest absolute Gasteiger partial charge is 0.185 e. The highest BCUT2D eigenvalue weighted by Gasteiger charge is 2.08. The quantitative estimate of drug-likeness (QED) is 0.258.